The van der Waals surface area contributed by atoms with Gasteiger partial charge in [-0.25, -0.2) is 4.98 Å². The molecule has 0 atom stereocenters. The van der Waals surface area contributed by atoms with Gasteiger partial charge in [0, 0.05) is 36.0 Å². The van der Waals surface area contributed by atoms with Crippen LogP contribution in [-0.2, 0) is 6.42 Å². The number of likely N-dealkylation sites (N-methyl/N-ethyl adjacent to an activating group) is 1. The van der Waals surface area contributed by atoms with Crippen LogP contribution in [0.25, 0.3) is 22.2 Å². The van der Waals surface area contributed by atoms with Crippen molar-refractivity contribution in [2.75, 3.05) is 41.4 Å². The van der Waals surface area contributed by atoms with Crippen molar-refractivity contribution in [2.24, 2.45) is 0 Å². The Bertz CT molecular complexity index is 1090. The zero-order valence-electron chi connectivity index (χ0n) is 17.2. The number of nitrogens with one attached hydrogen (secondary N) is 1. The molecule has 0 saturated carbocycles. The molecule has 2 aromatic carbocycles. The van der Waals surface area contributed by atoms with Gasteiger partial charge in [-0.05, 0) is 43.9 Å². The Morgan fingerprint density at radius 2 is 1.90 bits per heavy atom. The van der Waals surface area contributed by atoms with E-state index in [1.165, 1.54) is 0 Å². The molecule has 1 amide bonds. The third kappa shape index (κ3) is 3.40. The van der Waals surface area contributed by atoms with Crippen LogP contribution in [0, 0.1) is 0 Å². The number of nitrogens with zero attached hydrogens (tertiary/aromatic N) is 2. The van der Waals surface area contributed by atoms with Gasteiger partial charge in [-0.3, -0.25) is 4.79 Å². The van der Waals surface area contributed by atoms with Gasteiger partial charge in [0.2, 0.25) is 0 Å². The first kappa shape index (κ1) is 19.2. The van der Waals surface area contributed by atoms with Gasteiger partial charge >= 0.3 is 0 Å². The Balaban J connectivity index is 1.81. The molecule has 1 aromatic heterocycles. The summed E-state index contributed by atoms with van der Waals surface area (Å²) in [6.45, 7) is 1.37. The summed E-state index contributed by atoms with van der Waals surface area (Å²) in [7, 11) is 7.29. The number of fused-ring (bicyclic) bond motifs is 4. The van der Waals surface area contributed by atoms with Gasteiger partial charge in [0.05, 0.1) is 31.0 Å². The highest BCUT2D eigenvalue weighted by molar-refractivity contribution is 6.06. The van der Waals surface area contributed by atoms with Crippen molar-refractivity contribution in [3.63, 3.8) is 0 Å². The Hall–Kier alpha value is -3.12. The third-order valence-corrected chi connectivity index (χ3v) is 5.29. The van der Waals surface area contributed by atoms with Crippen LogP contribution in [0.15, 0.2) is 36.4 Å². The van der Waals surface area contributed by atoms with Crippen LogP contribution in [0.3, 0.4) is 0 Å². The molecule has 150 valence electrons. The molecule has 0 radical (unpaired) electrons. The highest BCUT2D eigenvalue weighted by Gasteiger charge is 2.28. The first-order valence-electron chi connectivity index (χ1n) is 9.63. The molecule has 0 fully saturated rings. The monoisotopic (exact) mass is 391 g/mol. The van der Waals surface area contributed by atoms with Crippen molar-refractivity contribution in [2.45, 2.75) is 6.42 Å². The average molecular weight is 391 g/mol. The molecule has 1 aliphatic carbocycles. The van der Waals surface area contributed by atoms with Crippen LogP contribution >= 0.6 is 0 Å². The topological polar surface area (TPSA) is 63.7 Å². The molecule has 0 unspecified atom stereocenters. The second-order valence-corrected chi connectivity index (χ2v) is 7.43. The fourth-order valence-corrected chi connectivity index (χ4v) is 3.86. The lowest BCUT2D eigenvalue weighted by Gasteiger charge is -2.13. The fraction of sp³-hybridized carbons (Fsp3) is 0.304. The van der Waals surface area contributed by atoms with Gasteiger partial charge in [-0.15, -0.1) is 0 Å². The number of carbonyl (C=O) groups excluding carboxylic acids is 1. The summed E-state index contributed by atoms with van der Waals surface area (Å²) in [6.07, 6.45) is 0.729. The minimum absolute atomic E-state index is 0.110. The maximum absolute atomic E-state index is 12.8. The first-order valence-corrected chi connectivity index (χ1v) is 9.63. The number of ether oxygens (including phenoxy) is 2. The lowest BCUT2D eigenvalue weighted by atomic mass is 10.0. The second-order valence-electron chi connectivity index (χ2n) is 7.43. The van der Waals surface area contributed by atoms with Gasteiger partial charge < -0.3 is 19.7 Å². The highest BCUT2D eigenvalue weighted by atomic mass is 16.5. The average Bonchev–Trinajstić information content (AvgIpc) is 3.09. The van der Waals surface area contributed by atoms with E-state index in [1.807, 2.05) is 49.3 Å². The van der Waals surface area contributed by atoms with Gasteiger partial charge in [0.1, 0.15) is 11.5 Å². The number of aromatic nitrogens is 1. The lowest BCUT2D eigenvalue weighted by molar-refractivity contribution is 0.0952. The molecule has 4 rings (SSSR count). The van der Waals surface area contributed by atoms with E-state index in [0.717, 1.165) is 52.2 Å². The molecule has 0 saturated heterocycles. The van der Waals surface area contributed by atoms with Crippen molar-refractivity contribution in [3.8, 4) is 22.8 Å². The van der Waals surface area contributed by atoms with Crippen molar-refractivity contribution >= 4 is 16.8 Å². The molecular formula is C23H25N3O3. The minimum Gasteiger partial charge on any atom is -0.496 e. The smallest absolute Gasteiger partial charge is 0.253 e. The number of hydrogen-bond donors (Lipinski definition) is 1. The standard InChI is InChI=1S/C23H25N3O3/c1-26(2)11-10-24-23(27)16-7-5-6-14-12-15-13-17-18(28-3)8-9-19(29-4)20(17)22(15)25-21(14)16/h5-9,12H,10-11,13H2,1-4H3,(H,24,27). The molecule has 6 nitrogen and oxygen atoms in total. The van der Waals surface area contributed by atoms with E-state index in [9.17, 15) is 4.79 Å². The summed E-state index contributed by atoms with van der Waals surface area (Å²) < 4.78 is 11.2. The molecule has 1 heterocycles. The number of para-hydroxylation sites is 1. The van der Waals surface area contributed by atoms with Crippen LogP contribution < -0.4 is 14.8 Å². The molecule has 6 heteroatoms. The largest absolute Gasteiger partial charge is 0.496 e. The first-order chi connectivity index (χ1) is 14.0. The molecular weight excluding hydrogens is 366 g/mol. The van der Waals surface area contributed by atoms with Crippen molar-refractivity contribution in [3.05, 3.63) is 53.1 Å². The minimum atomic E-state index is -0.110. The van der Waals surface area contributed by atoms with Gasteiger partial charge in [0.15, 0.2) is 0 Å². The van der Waals surface area contributed by atoms with Crippen LogP contribution in [0.1, 0.15) is 21.5 Å². The summed E-state index contributed by atoms with van der Waals surface area (Å²) in [4.78, 5) is 19.8. The zero-order chi connectivity index (χ0) is 20.5. The van der Waals surface area contributed by atoms with Crippen molar-refractivity contribution in [1.29, 1.82) is 0 Å². The van der Waals surface area contributed by atoms with Gasteiger partial charge in [-0.2, -0.15) is 0 Å². The van der Waals surface area contributed by atoms with Gasteiger partial charge in [-0.1, -0.05) is 12.1 Å². The quantitative estimate of drug-likeness (QED) is 0.547. The van der Waals surface area contributed by atoms with Crippen LogP contribution in [0.4, 0.5) is 0 Å². The van der Waals surface area contributed by atoms with Crippen molar-refractivity contribution < 1.29 is 14.3 Å². The number of amides is 1. The normalized spacial score (nSPS) is 12.0. The van der Waals surface area contributed by atoms with Crippen LogP contribution in [-0.4, -0.2) is 57.2 Å². The van der Waals surface area contributed by atoms with Crippen molar-refractivity contribution in [1.82, 2.24) is 15.2 Å². The van der Waals surface area contributed by atoms with E-state index in [0.29, 0.717) is 17.6 Å². The third-order valence-electron chi connectivity index (χ3n) is 5.29. The molecule has 29 heavy (non-hydrogen) atoms. The molecule has 1 aliphatic rings. The summed E-state index contributed by atoms with van der Waals surface area (Å²) in [5.74, 6) is 1.48. The zero-order valence-corrected chi connectivity index (χ0v) is 17.2. The number of rotatable bonds is 6. The Labute approximate surface area is 170 Å². The summed E-state index contributed by atoms with van der Waals surface area (Å²) in [5, 5.41) is 3.94. The predicted molar refractivity (Wildman–Crippen MR) is 114 cm³/mol. The number of methoxy groups -OCH3 is 2. The van der Waals surface area contributed by atoms with E-state index >= 15 is 0 Å². The van der Waals surface area contributed by atoms with E-state index in [1.54, 1.807) is 14.2 Å². The maximum Gasteiger partial charge on any atom is 0.253 e. The number of benzene rings is 2. The van der Waals surface area contributed by atoms with Crippen LogP contribution in [0.5, 0.6) is 11.5 Å². The Kier molecular flexibility index (Phi) is 5.11. The van der Waals surface area contributed by atoms with E-state index in [2.05, 4.69) is 11.4 Å². The summed E-state index contributed by atoms with van der Waals surface area (Å²) >= 11 is 0. The highest BCUT2D eigenvalue weighted by Crippen LogP contribution is 2.46. The number of hydrogen-bond acceptors (Lipinski definition) is 5. The van der Waals surface area contributed by atoms with E-state index in [4.69, 9.17) is 14.5 Å². The maximum atomic E-state index is 12.8. The second kappa shape index (κ2) is 7.72. The molecule has 0 aliphatic heterocycles. The SMILES string of the molecule is COc1ccc(OC)c2c1Cc1cc3cccc(C(=O)NCCN(C)C)c3nc1-2. The number of pyridine rings is 1. The molecule has 0 bridgehead atoms. The van der Waals surface area contributed by atoms with Gasteiger partial charge in [0.25, 0.3) is 5.91 Å². The lowest BCUT2D eigenvalue weighted by Crippen LogP contribution is -2.31. The fourth-order valence-electron chi connectivity index (χ4n) is 3.86. The molecule has 3 aromatic rings. The molecule has 1 N–H and O–H groups in total. The van der Waals surface area contributed by atoms with Crippen LogP contribution in [0.2, 0.25) is 0 Å². The Morgan fingerprint density at radius 3 is 2.62 bits per heavy atom. The van der Waals surface area contributed by atoms with E-state index < -0.39 is 0 Å². The summed E-state index contributed by atoms with van der Waals surface area (Å²) in [6, 6.07) is 11.7. The number of carbonyl (C=O) groups is 1. The molecule has 0 spiro atoms. The van der Waals surface area contributed by atoms with E-state index in [-0.39, 0.29) is 5.91 Å². The predicted octanol–water partition coefficient (Wildman–Crippen LogP) is 3.11. The Morgan fingerprint density at radius 1 is 1.14 bits per heavy atom. The summed E-state index contributed by atoms with van der Waals surface area (Å²) in [5.41, 5.74) is 5.27.